The Morgan fingerprint density at radius 2 is 1.65 bits per heavy atom. The van der Waals surface area contributed by atoms with Gasteiger partial charge in [-0.2, -0.15) is 0 Å². The normalized spacial score (nSPS) is 12.4. The van der Waals surface area contributed by atoms with E-state index in [1.165, 1.54) is 24.0 Å². The van der Waals surface area contributed by atoms with Crippen LogP contribution in [0.15, 0.2) is 36.4 Å². The minimum absolute atomic E-state index is 0.0855. The van der Waals surface area contributed by atoms with Crippen molar-refractivity contribution < 1.29 is 26.8 Å². The van der Waals surface area contributed by atoms with Crippen LogP contribution < -0.4 is 9.62 Å². The first-order valence-corrected chi connectivity index (χ1v) is 12.8. The third-order valence-electron chi connectivity index (χ3n) is 4.81. The first-order valence-electron chi connectivity index (χ1n) is 10.2. The minimum Gasteiger partial charge on any atom is -0.352 e. The average molecular weight is 536 g/mol. The number of nitrogens with one attached hydrogen (secondary N) is 1. The summed E-state index contributed by atoms with van der Waals surface area (Å²) in [6.45, 7) is 4.17. The summed E-state index contributed by atoms with van der Waals surface area (Å²) in [6, 6.07) is 5.98. The maximum absolute atomic E-state index is 13.8. The number of carbonyl (C=O) groups is 2. The number of sulfonamides is 1. The molecule has 0 aromatic heterocycles. The predicted molar refractivity (Wildman–Crippen MR) is 128 cm³/mol. The second-order valence-corrected chi connectivity index (χ2v) is 10.7. The first kappa shape index (κ1) is 27.8. The number of halogens is 4. The summed E-state index contributed by atoms with van der Waals surface area (Å²) in [6.07, 6.45) is 0.833. The molecule has 2 rings (SSSR count). The summed E-state index contributed by atoms with van der Waals surface area (Å²) in [5.41, 5.74) is 0.314. The second-order valence-electron chi connectivity index (χ2n) is 7.98. The van der Waals surface area contributed by atoms with Gasteiger partial charge in [0, 0.05) is 18.7 Å². The van der Waals surface area contributed by atoms with Gasteiger partial charge in [0.2, 0.25) is 21.8 Å². The number of nitrogens with zero attached hydrogens (tertiary/aromatic N) is 2. The summed E-state index contributed by atoms with van der Waals surface area (Å²) in [7, 11) is -4.07. The fraction of sp³-hybridized carbons (Fsp3) is 0.364. The van der Waals surface area contributed by atoms with E-state index in [0.717, 1.165) is 18.4 Å². The second kappa shape index (κ2) is 11.3. The van der Waals surface area contributed by atoms with Crippen molar-refractivity contribution in [3.63, 3.8) is 0 Å². The van der Waals surface area contributed by atoms with Gasteiger partial charge in [-0.3, -0.25) is 13.9 Å². The Morgan fingerprint density at radius 1 is 1.00 bits per heavy atom. The number of amides is 2. The standard InChI is InChI=1S/C22H25Cl2F2N3O4S/c1-13(2)27-22(31)14(3)28(11-15-5-7-17(23)18(24)9-15)21(30)12-29(34(4,32)33)16-6-8-19(25)20(26)10-16/h5-10,13-14H,11-12H2,1-4H3,(H,27,31)/t14-/m1/s1. The van der Waals surface area contributed by atoms with Crippen LogP contribution in [0.3, 0.4) is 0 Å². The minimum atomic E-state index is -4.07. The lowest BCUT2D eigenvalue weighted by atomic mass is 10.1. The van der Waals surface area contributed by atoms with Crippen LogP contribution in [0.1, 0.15) is 26.3 Å². The summed E-state index contributed by atoms with van der Waals surface area (Å²) in [5.74, 6) is -3.63. The number of rotatable bonds is 9. The Morgan fingerprint density at radius 3 is 2.18 bits per heavy atom. The van der Waals surface area contributed by atoms with Crippen LogP contribution in [0.5, 0.6) is 0 Å². The lowest BCUT2D eigenvalue weighted by molar-refractivity contribution is -0.139. The Balaban J connectivity index is 2.43. The van der Waals surface area contributed by atoms with Crippen LogP contribution in [0.2, 0.25) is 10.0 Å². The van der Waals surface area contributed by atoms with Crippen molar-refractivity contribution in [3.8, 4) is 0 Å². The van der Waals surface area contributed by atoms with Crippen molar-refractivity contribution in [1.82, 2.24) is 10.2 Å². The van der Waals surface area contributed by atoms with Crippen molar-refractivity contribution in [2.75, 3.05) is 17.1 Å². The van der Waals surface area contributed by atoms with E-state index in [1.807, 2.05) is 0 Å². The van der Waals surface area contributed by atoms with Gasteiger partial charge < -0.3 is 10.2 Å². The first-order chi connectivity index (χ1) is 15.7. The Hall–Kier alpha value is -2.43. The summed E-state index contributed by atoms with van der Waals surface area (Å²) in [5, 5.41) is 3.25. The molecule has 1 N–H and O–H groups in total. The molecule has 0 aliphatic heterocycles. The van der Waals surface area contributed by atoms with Crippen LogP contribution in [-0.4, -0.2) is 50.0 Å². The molecule has 0 spiro atoms. The van der Waals surface area contributed by atoms with E-state index in [2.05, 4.69) is 5.32 Å². The molecule has 2 aromatic carbocycles. The largest absolute Gasteiger partial charge is 0.352 e. The third-order valence-corrected chi connectivity index (χ3v) is 6.69. The molecular formula is C22H25Cl2F2N3O4S. The number of hydrogen-bond donors (Lipinski definition) is 1. The quantitative estimate of drug-likeness (QED) is 0.526. The maximum Gasteiger partial charge on any atom is 0.244 e. The van der Waals surface area contributed by atoms with E-state index in [4.69, 9.17) is 23.2 Å². The molecular weight excluding hydrogens is 511 g/mol. The third kappa shape index (κ3) is 7.28. The van der Waals surface area contributed by atoms with E-state index >= 15 is 0 Å². The van der Waals surface area contributed by atoms with Gasteiger partial charge in [-0.1, -0.05) is 29.3 Å². The molecule has 34 heavy (non-hydrogen) atoms. The van der Waals surface area contributed by atoms with Crippen LogP contribution in [0.4, 0.5) is 14.5 Å². The van der Waals surface area contributed by atoms with E-state index in [-0.39, 0.29) is 23.3 Å². The molecule has 0 aliphatic carbocycles. The zero-order valence-electron chi connectivity index (χ0n) is 19.0. The van der Waals surface area contributed by atoms with Crippen LogP contribution in [0, 0.1) is 11.6 Å². The van der Waals surface area contributed by atoms with Gasteiger partial charge in [0.15, 0.2) is 11.6 Å². The molecule has 0 fully saturated rings. The van der Waals surface area contributed by atoms with Gasteiger partial charge >= 0.3 is 0 Å². The molecule has 0 radical (unpaired) electrons. The number of hydrogen-bond acceptors (Lipinski definition) is 4. The van der Waals surface area contributed by atoms with E-state index < -0.39 is 46.1 Å². The van der Waals surface area contributed by atoms with E-state index in [1.54, 1.807) is 19.9 Å². The fourth-order valence-corrected chi connectivity index (χ4v) is 4.24. The van der Waals surface area contributed by atoms with Gasteiger partial charge in [-0.25, -0.2) is 17.2 Å². The summed E-state index contributed by atoms with van der Waals surface area (Å²) in [4.78, 5) is 27.2. The molecule has 186 valence electrons. The molecule has 0 saturated heterocycles. The zero-order valence-corrected chi connectivity index (χ0v) is 21.3. The number of carbonyl (C=O) groups excluding carboxylic acids is 2. The molecule has 0 saturated carbocycles. The molecule has 12 heteroatoms. The van der Waals surface area contributed by atoms with E-state index in [0.29, 0.717) is 21.0 Å². The van der Waals surface area contributed by atoms with E-state index in [9.17, 15) is 26.8 Å². The molecule has 0 heterocycles. The Bertz CT molecular complexity index is 1180. The van der Waals surface area contributed by atoms with Crippen molar-refractivity contribution in [2.24, 2.45) is 0 Å². The monoisotopic (exact) mass is 535 g/mol. The molecule has 1 atom stereocenters. The Labute approximate surface area is 207 Å². The van der Waals surface area contributed by atoms with Gasteiger partial charge in [-0.05, 0) is 50.6 Å². The van der Waals surface area contributed by atoms with Gasteiger partial charge in [0.25, 0.3) is 0 Å². The van der Waals surface area contributed by atoms with Crippen molar-refractivity contribution in [1.29, 1.82) is 0 Å². The number of anilines is 1. The smallest absolute Gasteiger partial charge is 0.244 e. The maximum atomic E-state index is 13.8. The predicted octanol–water partition coefficient (Wildman–Crippen LogP) is 3.98. The highest BCUT2D eigenvalue weighted by Gasteiger charge is 2.30. The SMILES string of the molecule is CC(C)NC(=O)[C@@H](C)N(Cc1ccc(Cl)c(Cl)c1)C(=O)CN(c1ccc(F)c(F)c1)S(C)(=O)=O. The molecule has 2 amide bonds. The van der Waals surface area contributed by atoms with Crippen molar-refractivity contribution in [3.05, 3.63) is 63.6 Å². The van der Waals surface area contributed by atoms with Crippen LogP contribution in [-0.2, 0) is 26.2 Å². The van der Waals surface area contributed by atoms with Gasteiger partial charge in [0.05, 0.1) is 22.0 Å². The molecule has 2 aromatic rings. The number of benzene rings is 2. The van der Waals surface area contributed by atoms with Crippen molar-refractivity contribution >= 4 is 50.7 Å². The molecule has 0 bridgehead atoms. The molecule has 7 nitrogen and oxygen atoms in total. The summed E-state index contributed by atoms with van der Waals surface area (Å²) < 4.78 is 52.6. The topological polar surface area (TPSA) is 86.8 Å². The zero-order chi connectivity index (χ0) is 25.8. The summed E-state index contributed by atoms with van der Waals surface area (Å²) >= 11 is 12.0. The lowest BCUT2D eigenvalue weighted by Gasteiger charge is -2.32. The van der Waals surface area contributed by atoms with Crippen LogP contribution >= 0.6 is 23.2 Å². The average Bonchev–Trinajstić information content (AvgIpc) is 2.72. The molecule has 0 aliphatic rings. The highest BCUT2D eigenvalue weighted by Crippen LogP contribution is 2.25. The van der Waals surface area contributed by atoms with Gasteiger partial charge in [0.1, 0.15) is 12.6 Å². The van der Waals surface area contributed by atoms with Gasteiger partial charge in [-0.15, -0.1) is 0 Å². The highest BCUT2D eigenvalue weighted by molar-refractivity contribution is 7.92. The van der Waals surface area contributed by atoms with Crippen molar-refractivity contribution in [2.45, 2.75) is 39.4 Å². The van der Waals surface area contributed by atoms with Crippen LogP contribution in [0.25, 0.3) is 0 Å². The lowest BCUT2D eigenvalue weighted by Crippen LogP contribution is -2.52. The molecule has 0 unspecified atom stereocenters. The fourth-order valence-electron chi connectivity index (χ4n) is 3.08. The Kier molecular flexibility index (Phi) is 9.27. The highest BCUT2D eigenvalue weighted by atomic mass is 35.5.